The first-order valence-corrected chi connectivity index (χ1v) is 13.3. The first-order valence-electron chi connectivity index (χ1n) is 13.3. The predicted octanol–water partition coefficient (Wildman–Crippen LogP) is 5.57. The number of methoxy groups -OCH3 is 1. The molecule has 42 heavy (non-hydrogen) atoms. The Labute approximate surface area is 241 Å². The van der Waals surface area contributed by atoms with Crippen LogP contribution >= 0.6 is 0 Å². The Morgan fingerprint density at radius 1 is 0.905 bits per heavy atom. The van der Waals surface area contributed by atoms with Gasteiger partial charge in [-0.05, 0) is 43.3 Å². The summed E-state index contributed by atoms with van der Waals surface area (Å²) in [5, 5.41) is 11.5. The van der Waals surface area contributed by atoms with E-state index in [0.29, 0.717) is 28.2 Å². The number of esters is 1. The average Bonchev–Trinajstić information content (AvgIpc) is 3.59. The van der Waals surface area contributed by atoms with Gasteiger partial charge in [0.1, 0.15) is 0 Å². The molecule has 10 nitrogen and oxygen atoms in total. The maximum Gasteiger partial charge on any atom is 0.308 e. The number of para-hydroxylation sites is 1. The van der Waals surface area contributed by atoms with Gasteiger partial charge in [-0.25, -0.2) is 9.67 Å². The molecule has 5 aromatic rings. The molecule has 0 saturated carbocycles. The summed E-state index contributed by atoms with van der Waals surface area (Å²) < 4.78 is 18.9. The molecule has 1 unspecified atom stereocenters. The monoisotopic (exact) mass is 561 g/mol. The fraction of sp³-hybridized carbons (Fsp3) is 0.156. The summed E-state index contributed by atoms with van der Waals surface area (Å²) in [6, 6.07) is 26.4. The largest absolute Gasteiger partial charge is 0.493 e. The van der Waals surface area contributed by atoms with Gasteiger partial charge in [0.2, 0.25) is 18.0 Å². The van der Waals surface area contributed by atoms with Gasteiger partial charge < -0.3 is 14.2 Å². The SMILES string of the molecule is COc1ccc(C2OC(c3cc(-c4ccccc4)nc4c3c(C)nn4-c3ccccc3)=NN2C(C)=O)cc1OC(C)=O. The first kappa shape index (κ1) is 26.7. The normalized spacial score (nSPS) is 14.4. The van der Waals surface area contributed by atoms with E-state index in [2.05, 4.69) is 5.10 Å². The number of carbonyl (C=O) groups is 2. The van der Waals surface area contributed by atoms with E-state index >= 15 is 0 Å². The van der Waals surface area contributed by atoms with E-state index < -0.39 is 12.2 Å². The van der Waals surface area contributed by atoms with Gasteiger partial charge in [0.15, 0.2) is 17.1 Å². The van der Waals surface area contributed by atoms with Crippen molar-refractivity contribution in [3.05, 3.63) is 102 Å². The van der Waals surface area contributed by atoms with E-state index in [0.717, 1.165) is 22.3 Å². The van der Waals surface area contributed by atoms with Crippen LogP contribution in [0.5, 0.6) is 11.5 Å². The van der Waals surface area contributed by atoms with Gasteiger partial charge in [0, 0.05) is 25.0 Å². The minimum Gasteiger partial charge on any atom is -0.493 e. The molecule has 1 atom stereocenters. The van der Waals surface area contributed by atoms with E-state index in [9.17, 15) is 9.59 Å². The second-order valence-corrected chi connectivity index (χ2v) is 9.70. The number of hydrogen-bond acceptors (Lipinski definition) is 8. The van der Waals surface area contributed by atoms with Crippen molar-refractivity contribution < 1.29 is 23.8 Å². The molecule has 0 saturated heterocycles. The number of pyridine rings is 1. The number of carbonyl (C=O) groups excluding carboxylic acids is 2. The summed E-state index contributed by atoms with van der Waals surface area (Å²) in [6.07, 6.45) is -0.912. The second-order valence-electron chi connectivity index (χ2n) is 9.70. The third kappa shape index (κ3) is 4.83. The predicted molar refractivity (Wildman–Crippen MR) is 156 cm³/mol. The van der Waals surface area contributed by atoms with Crippen LogP contribution in [0, 0.1) is 6.92 Å². The Morgan fingerprint density at radius 3 is 2.29 bits per heavy atom. The number of nitrogens with zero attached hydrogens (tertiary/aromatic N) is 5. The lowest BCUT2D eigenvalue weighted by molar-refractivity contribution is -0.135. The van der Waals surface area contributed by atoms with Crippen molar-refractivity contribution in [3.63, 3.8) is 0 Å². The van der Waals surface area contributed by atoms with Crippen molar-refractivity contribution in [2.45, 2.75) is 27.0 Å². The molecule has 10 heteroatoms. The number of hydrogen-bond donors (Lipinski definition) is 0. The lowest BCUT2D eigenvalue weighted by atomic mass is 10.1. The van der Waals surface area contributed by atoms with Crippen LogP contribution in [0.4, 0.5) is 0 Å². The van der Waals surface area contributed by atoms with Crippen molar-refractivity contribution in [2.24, 2.45) is 5.10 Å². The Hall–Kier alpha value is -5.51. The molecule has 0 radical (unpaired) electrons. The van der Waals surface area contributed by atoms with E-state index in [-0.39, 0.29) is 17.6 Å². The van der Waals surface area contributed by atoms with Crippen LogP contribution in [0.1, 0.15) is 36.9 Å². The molecular formula is C32H27N5O5. The molecule has 0 N–H and O–H groups in total. The van der Waals surface area contributed by atoms with E-state index in [1.54, 1.807) is 22.9 Å². The Kier molecular flexibility index (Phi) is 6.87. The molecule has 0 aliphatic carbocycles. The van der Waals surface area contributed by atoms with E-state index in [1.807, 2.05) is 73.7 Å². The lowest BCUT2D eigenvalue weighted by Gasteiger charge is -2.20. The summed E-state index contributed by atoms with van der Waals surface area (Å²) in [5.74, 6) is -0.0161. The van der Waals surface area contributed by atoms with Gasteiger partial charge in [-0.3, -0.25) is 9.59 Å². The van der Waals surface area contributed by atoms with Crippen LogP contribution in [0.3, 0.4) is 0 Å². The minimum atomic E-state index is -0.912. The fourth-order valence-electron chi connectivity index (χ4n) is 4.94. The summed E-state index contributed by atoms with van der Waals surface area (Å²) in [5.41, 5.74) is 4.99. The Bertz CT molecular complexity index is 1850. The summed E-state index contributed by atoms with van der Waals surface area (Å²) in [4.78, 5) is 29.5. The highest BCUT2D eigenvalue weighted by Crippen LogP contribution is 2.38. The summed E-state index contributed by atoms with van der Waals surface area (Å²) in [7, 11) is 1.48. The Morgan fingerprint density at radius 2 is 1.62 bits per heavy atom. The highest BCUT2D eigenvalue weighted by Gasteiger charge is 2.35. The smallest absolute Gasteiger partial charge is 0.308 e. The van der Waals surface area contributed by atoms with Gasteiger partial charge in [-0.2, -0.15) is 10.1 Å². The number of ether oxygens (including phenoxy) is 3. The van der Waals surface area contributed by atoms with Crippen molar-refractivity contribution >= 4 is 28.8 Å². The van der Waals surface area contributed by atoms with Gasteiger partial charge in [-0.1, -0.05) is 48.5 Å². The molecule has 1 aliphatic heterocycles. The number of rotatable bonds is 6. The van der Waals surface area contributed by atoms with Gasteiger partial charge >= 0.3 is 5.97 Å². The third-order valence-corrected chi connectivity index (χ3v) is 6.81. The zero-order valence-electron chi connectivity index (χ0n) is 23.4. The molecule has 210 valence electrons. The Balaban J connectivity index is 1.51. The molecular weight excluding hydrogens is 534 g/mol. The molecule has 0 spiro atoms. The number of hydrazone groups is 1. The lowest BCUT2D eigenvalue weighted by Crippen LogP contribution is -2.25. The van der Waals surface area contributed by atoms with Crippen molar-refractivity contribution in [1.82, 2.24) is 19.8 Å². The molecule has 0 fully saturated rings. The van der Waals surface area contributed by atoms with E-state index in [4.69, 9.17) is 24.3 Å². The van der Waals surface area contributed by atoms with Crippen molar-refractivity contribution in [3.8, 4) is 28.4 Å². The molecule has 3 aromatic carbocycles. The minimum absolute atomic E-state index is 0.209. The maximum absolute atomic E-state index is 12.8. The molecule has 1 aliphatic rings. The van der Waals surface area contributed by atoms with Gasteiger partial charge in [0.05, 0.1) is 35.1 Å². The molecule has 1 amide bonds. The van der Waals surface area contributed by atoms with Gasteiger partial charge in [0.25, 0.3) is 0 Å². The van der Waals surface area contributed by atoms with Crippen LogP contribution in [-0.4, -0.2) is 44.7 Å². The fourth-order valence-corrected chi connectivity index (χ4v) is 4.94. The molecule has 6 rings (SSSR count). The van der Waals surface area contributed by atoms with Gasteiger partial charge in [-0.15, -0.1) is 5.10 Å². The maximum atomic E-state index is 12.8. The standard InChI is InChI=1S/C32H27N5O5/c1-19-29-25(18-26(22-11-7-5-8-12-22)33-30(29)37(34-19)24-13-9-6-10-14-24)31-35-36(20(2)38)32(42-31)23-15-16-27(40-4)28(17-23)41-21(3)39/h5-18,32H,1-4H3. The van der Waals surface area contributed by atoms with Crippen LogP contribution in [0.25, 0.3) is 28.0 Å². The van der Waals surface area contributed by atoms with Crippen molar-refractivity contribution in [2.75, 3.05) is 7.11 Å². The number of aromatic nitrogens is 3. The van der Waals surface area contributed by atoms with Crippen LogP contribution < -0.4 is 9.47 Å². The number of benzene rings is 3. The third-order valence-electron chi connectivity index (χ3n) is 6.81. The highest BCUT2D eigenvalue weighted by molar-refractivity contribution is 6.08. The zero-order valence-corrected chi connectivity index (χ0v) is 23.4. The quantitative estimate of drug-likeness (QED) is 0.197. The van der Waals surface area contributed by atoms with Crippen molar-refractivity contribution in [1.29, 1.82) is 0 Å². The zero-order chi connectivity index (χ0) is 29.4. The second kappa shape index (κ2) is 10.8. The average molecular weight is 562 g/mol. The first-order chi connectivity index (χ1) is 20.3. The molecule has 2 aromatic heterocycles. The summed E-state index contributed by atoms with van der Waals surface area (Å²) >= 11 is 0. The summed E-state index contributed by atoms with van der Waals surface area (Å²) in [6.45, 7) is 4.62. The topological polar surface area (TPSA) is 108 Å². The molecule has 3 heterocycles. The van der Waals surface area contributed by atoms with Crippen LogP contribution in [0.2, 0.25) is 0 Å². The molecule has 0 bridgehead atoms. The van der Waals surface area contributed by atoms with Crippen LogP contribution in [0.15, 0.2) is 90.0 Å². The highest BCUT2D eigenvalue weighted by atomic mass is 16.6. The number of fused-ring (bicyclic) bond motifs is 1. The number of amides is 1. The van der Waals surface area contributed by atoms with Crippen LogP contribution in [-0.2, 0) is 14.3 Å². The van der Waals surface area contributed by atoms with E-state index in [1.165, 1.54) is 26.0 Å². The number of aryl methyl sites for hydroxylation is 1.